The molecule has 6 nitrogen and oxygen atoms in total. The smallest absolute Gasteiger partial charge is 0.333 e. The highest BCUT2D eigenvalue weighted by molar-refractivity contribution is 5.90. The van der Waals surface area contributed by atoms with E-state index in [1.54, 1.807) is 0 Å². The summed E-state index contributed by atoms with van der Waals surface area (Å²) in [5.41, 5.74) is 0.298. The topological polar surface area (TPSA) is 89.9 Å². The third-order valence-corrected chi connectivity index (χ3v) is 1.48. The molecular formula is C11H14O6. The van der Waals surface area contributed by atoms with Crippen LogP contribution in [0.1, 0.15) is 13.3 Å². The lowest BCUT2D eigenvalue weighted by atomic mass is 10.4. The predicted octanol–water partition coefficient (Wildman–Crippen LogP) is 0.680. The molecule has 0 rings (SSSR count). The zero-order valence-electron chi connectivity index (χ0n) is 9.47. The Morgan fingerprint density at radius 3 is 2.29 bits per heavy atom. The maximum atomic E-state index is 10.9. The number of hydrogen-bond donors (Lipinski definition) is 1. The molecule has 0 aromatic carbocycles. The lowest BCUT2D eigenvalue weighted by Gasteiger charge is -2.04. The highest BCUT2D eigenvalue weighted by Crippen LogP contribution is 1.94. The number of aliphatic carboxylic acids is 1. The number of carbonyl (C=O) groups excluding carboxylic acids is 2. The van der Waals surface area contributed by atoms with Gasteiger partial charge in [-0.1, -0.05) is 6.58 Å². The van der Waals surface area contributed by atoms with Crippen molar-refractivity contribution in [1.82, 2.24) is 0 Å². The van der Waals surface area contributed by atoms with Gasteiger partial charge in [-0.3, -0.25) is 0 Å². The van der Waals surface area contributed by atoms with Crippen LogP contribution in [0.15, 0.2) is 24.3 Å². The summed E-state index contributed by atoms with van der Waals surface area (Å²) in [6.45, 7) is 5.09. The maximum absolute atomic E-state index is 10.9. The van der Waals surface area contributed by atoms with Gasteiger partial charge in [0.25, 0.3) is 0 Å². The Morgan fingerprint density at radius 2 is 1.76 bits per heavy atom. The van der Waals surface area contributed by atoms with Crippen LogP contribution in [-0.2, 0) is 23.9 Å². The van der Waals surface area contributed by atoms with Crippen LogP contribution in [0.3, 0.4) is 0 Å². The normalized spacial score (nSPS) is 9.94. The summed E-state index contributed by atoms with van der Waals surface area (Å²) < 4.78 is 9.37. The predicted molar refractivity (Wildman–Crippen MR) is 58.1 cm³/mol. The molecule has 0 amide bonds. The van der Waals surface area contributed by atoms with Crippen LogP contribution in [0, 0.1) is 0 Å². The van der Waals surface area contributed by atoms with E-state index in [2.05, 4.69) is 11.3 Å². The summed E-state index contributed by atoms with van der Waals surface area (Å²) in [5.74, 6) is -2.47. The molecule has 94 valence electrons. The molecule has 0 fully saturated rings. The second kappa shape index (κ2) is 8.09. The molecule has 1 N–H and O–H groups in total. The number of ether oxygens (including phenoxy) is 2. The number of carboxylic acids is 1. The van der Waals surface area contributed by atoms with Gasteiger partial charge in [-0.25, -0.2) is 14.4 Å². The van der Waals surface area contributed by atoms with Crippen molar-refractivity contribution in [3.05, 3.63) is 24.3 Å². The quantitative estimate of drug-likeness (QED) is 0.401. The zero-order valence-corrected chi connectivity index (χ0v) is 9.47. The molecule has 0 aliphatic rings. The second-order valence-corrected chi connectivity index (χ2v) is 3.11. The minimum Gasteiger partial charge on any atom is -0.478 e. The molecule has 17 heavy (non-hydrogen) atoms. The van der Waals surface area contributed by atoms with Gasteiger partial charge in [0.2, 0.25) is 0 Å². The first-order chi connectivity index (χ1) is 7.93. The van der Waals surface area contributed by atoms with Crippen LogP contribution < -0.4 is 0 Å². The van der Waals surface area contributed by atoms with E-state index in [4.69, 9.17) is 9.84 Å². The number of carbonyl (C=O) groups is 3. The maximum Gasteiger partial charge on any atom is 0.333 e. The number of carboxylic acid groups (broad SMARTS) is 1. The van der Waals surface area contributed by atoms with Crippen LogP contribution in [0.2, 0.25) is 0 Å². The summed E-state index contributed by atoms with van der Waals surface area (Å²) >= 11 is 0. The molecular weight excluding hydrogens is 228 g/mol. The van der Waals surface area contributed by atoms with E-state index in [0.717, 1.165) is 6.08 Å². The molecule has 0 bridgehead atoms. The Bertz CT molecular complexity index is 342. The highest BCUT2D eigenvalue weighted by atomic mass is 16.5. The van der Waals surface area contributed by atoms with E-state index in [-0.39, 0.29) is 13.2 Å². The number of esters is 2. The zero-order chi connectivity index (χ0) is 13.3. The van der Waals surface area contributed by atoms with Crippen molar-refractivity contribution in [3.8, 4) is 0 Å². The Balaban J connectivity index is 3.59. The Kier molecular flexibility index (Phi) is 7.09. The Morgan fingerprint density at radius 1 is 1.18 bits per heavy atom. The summed E-state index contributed by atoms with van der Waals surface area (Å²) in [4.78, 5) is 31.8. The molecule has 0 saturated carbocycles. The lowest BCUT2D eigenvalue weighted by molar-refractivity contribution is -0.141. The van der Waals surface area contributed by atoms with Gasteiger partial charge in [0.05, 0.1) is 13.2 Å². The first-order valence-corrected chi connectivity index (χ1v) is 4.84. The minimum atomic E-state index is -1.22. The molecule has 0 unspecified atom stereocenters. The molecule has 0 atom stereocenters. The molecule has 0 aliphatic heterocycles. The van der Waals surface area contributed by atoms with Gasteiger partial charge in [0.1, 0.15) is 0 Å². The van der Waals surface area contributed by atoms with Gasteiger partial charge in [-0.2, -0.15) is 0 Å². The van der Waals surface area contributed by atoms with Crippen LogP contribution in [0.5, 0.6) is 0 Å². The number of hydrogen-bond acceptors (Lipinski definition) is 5. The highest BCUT2D eigenvalue weighted by Gasteiger charge is 2.03. The van der Waals surface area contributed by atoms with E-state index < -0.39 is 17.9 Å². The largest absolute Gasteiger partial charge is 0.478 e. The average molecular weight is 242 g/mol. The lowest BCUT2D eigenvalue weighted by Crippen LogP contribution is -2.10. The summed E-state index contributed by atoms with van der Waals surface area (Å²) in [6, 6.07) is 0. The van der Waals surface area contributed by atoms with Gasteiger partial charge in [0.15, 0.2) is 0 Å². The summed E-state index contributed by atoms with van der Waals surface area (Å²) in [5, 5.41) is 8.22. The standard InChI is InChI=1S/C11H14O6/c1-8(2)11(15)17-7-3-6-16-10(14)5-4-9(12)13/h4-5H,1,3,6-7H2,2H3,(H,12,13). The van der Waals surface area contributed by atoms with Crippen LogP contribution in [0.4, 0.5) is 0 Å². The third-order valence-electron chi connectivity index (χ3n) is 1.48. The molecule has 0 aromatic heterocycles. The summed E-state index contributed by atoms with van der Waals surface area (Å²) in [7, 11) is 0. The SMILES string of the molecule is C=C(C)C(=O)OCCCOC(=O)C=CC(=O)O. The Labute approximate surface area is 98.5 Å². The fourth-order valence-corrected chi connectivity index (χ4v) is 0.707. The van der Waals surface area contributed by atoms with Crippen molar-refractivity contribution in [2.45, 2.75) is 13.3 Å². The molecule has 0 saturated heterocycles. The van der Waals surface area contributed by atoms with Crippen molar-refractivity contribution in [2.75, 3.05) is 13.2 Å². The summed E-state index contributed by atoms with van der Waals surface area (Å²) in [6.07, 6.45) is 1.83. The van der Waals surface area contributed by atoms with Crippen molar-refractivity contribution >= 4 is 17.9 Å². The molecule has 0 heterocycles. The number of rotatable bonds is 7. The molecule has 0 aromatic rings. The Hall–Kier alpha value is -2.11. The van der Waals surface area contributed by atoms with Gasteiger partial charge in [-0.15, -0.1) is 0 Å². The van der Waals surface area contributed by atoms with Crippen LogP contribution in [-0.4, -0.2) is 36.2 Å². The van der Waals surface area contributed by atoms with Gasteiger partial charge in [-0.05, 0) is 6.92 Å². The fraction of sp³-hybridized carbons (Fsp3) is 0.364. The fourth-order valence-electron chi connectivity index (χ4n) is 0.707. The van der Waals surface area contributed by atoms with E-state index in [0.29, 0.717) is 18.1 Å². The molecule has 0 spiro atoms. The van der Waals surface area contributed by atoms with Crippen LogP contribution >= 0.6 is 0 Å². The van der Waals surface area contributed by atoms with E-state index in [9.17, 15) is 14.4 Å². The minimum absolute atomic E-state index is 0.0479. The first kappa shape index (κ1) is 14.9. The molecule has 6 heteroatoms. The van der Waals surface area contributed by atoms with E-state index in [1.807, 2.05) is 0 Å². The average Bonchev–Trinajstić information content (AvgIpc) is 2.25. The van der Waals surface area contributed by atoms with Crippen molar-refractivity contribution in [1.29, 1.82) is 0 Å². The van der Waals surface area contributed by atoms with Crippen LogP contribution in [0.25, 0.3) is 0 Å². The third kappa shape index (κ3) is 8.86. The molecule has 0 aliphatic carbocycles. The van der Waals surface area contributed by atoms with Gasteiger partial charge >= 0.3 is 17.9 Å². The first-order valence-electron chi connectivity index (χ1n) is 4.84. The van der Waals surface area contributed by atoms with E-state index in [1.165, 1.54) is 6.92 Å². The monoisotopic (exact) mass is 242 g/mol. The van der Waals surface area contributed by atoms with Crippen molar-refractivity contribution in [3.63, 3.8) is 0 Å². The molecule has 0 radical (unpaired) electrons. The van der Waals surface area contributed by atoms with Crippen molar-refractivity contribution < 1.29 is 29.0 Å². The van der Waals surface area contributed by atoms with Gasteiger partial charge < -0.3 is 14.6 Å². The van der Waals surface area contributed by atoms with Gasteiger partial charge in [0, 0.05) is 24.1 Å². The van der Waals surface area contributed by atoms with Crippen molar-refractivity contribution in [2.24, 2.45) is 0 Å². The van der Waals surface area contributed by atoms with E-state index >= 15 is 0 Å². The second-order valence-electron chi connectivity index (χ2n) is 3.11.